The Kier molecular flexibility index (Phi) is 5.16. The minimum atomic E-state index is -0.405. The molecule has 1 heterocycles. The standard InChI is InChI=1S/C16H22N2O2/c17-15(19)6-7-16(20)18-10-8-14(9-11-18)12-13-4-2-1-3-5-13/h1-5,14H,6-12H2,(H2,17,19). The van der Waals surface area contributed by atoms with Crippen molar-refractivity contribution in [1.29, 1.82) is 0 Å². The molecule has 1 aliphatic rings. The lowest BCUT2D eigenvalue weighted by atomic mass is 9.90. The van der Waals surface area contributed by atoms with E-state index in [1.807, 2.05) is 11.0 Å². The normalized spacial score (nSPS) is 16.1. The number of hydrogen-bond acceptors (Lipinski definition) is 2. The van der Waals surface area contributed by atoms with Crippen LogP contribution in [0.5, 0.6) is 0 Å². The average molecular weight is 274 g/mol. The number of likely N-dealkylation sites (tertiary alicyclic amines) is 1. The van der Waals surface area contributed by atoms with Gasteiger partial charge in [0.05, 0.1) is 0 Å². The molecule has 0 spiro atoms. The van der Waals surface area contributed by atoms with E-state index in [9.17, 15) is 9.59 Å². The molecule has 1 saturated heterocycles. The van der Waals surface area contributed by atoms with E-state index >= 15 is 0 Å². The lowest BCUT2D eigenvalue weighted by molar-refractivity contribution is -0.134. The molecule has 0 bridgehead atoms. The zero-order valence-corrected chi connectivity index (χ0v) is 11.8. The summed E-state index contributed by atoms with van der Waals surface area (Å²) in [5, 5.41) is 0. The Labute approximate surface area is 119 Å². The zero-order chi connectivity index (χ0) is 14.4. The molecule has 108 valence electrons. The maximum Gasteiger partial charge on any atom is 0.223 e. The molecule has 1 fully saturated rings. The van der Waals surface area contributed by atoms with Gasteiger partial charge in [0.15, 0.2) is 0 Å². The SMILES string of the molecule is NC(=O)CCC(=O)N1CCC(Cc2ccccc2)CC1. The molecule has 2 rings (SSSR count). The van der Waals surface area contributed by atoms with E-state index in [-0.39, 0.29) is 18.7 Å². The van der Waals surface area contributed by atoms with Gasteiger partial charge >= 0.3 is 0 Å². The second-order valence-electron chi connectivity index (χ2n) is 5.48. The quantitative estimate of drug-likeness (QED) is 0.888. The highest BCUT2D eigenvalue weighted by molar-refractivity contribution is 5.82. The summed E-state index contributed by atoms with van der Waals surface area (Å²) in [6.07, 6.45) is 3.57. The Morgan fingerprint density at radius 2 is 1.75 bits per heavy atom. The van der Waals surface area contributed by atoms with Gasteiger partial charge < -0.3 is 10.6 Å². The molecule has 0 aliphatic carbocycles. The number of nitrogens with zero attached hydrogens (tertiary/aromatic N) is 1. The van der Waals surface area contributed by atoms with Crippen molar-refractivity contribution in [3.63, 3.8) is 0 Å². The van der Waals surface area contributed by atoms with Crippen LogP contribution >= 0.6 is 0 Å². The lowest BCUT2D eigenvalue weighted by Gasteiger charge is -2.32. The number of piperidine rings is 1. The third kappa shape index (κ3) is 4.37. The van der Waals surface area contributed by atoms with E-state index in [0.717, 1.165) is 32.4 Å². The number of primary amides is 1. The smallest absolute Gasteiger partial charge is 0.223 e. The maximum atomic E-state index is 11.9. The summed E-state index contributed by atoms with van der Waals surface area (Å²) in [7, 11) is 0. The summed E-state index contributed by atoms with van der Waals surface area (Å²) in [5.41, 5.74) is 6.44. The van der Waals surface area contributed by atoms with Crippen LogP contribution in [-0.2, 0) is 16.0 Å². The summed E-state index contributed by atoms with van der Waals surface area (Å²) >= 11 is 0. The largest absolute Gasteiger partial charge is 0.370 e. The molecule has 0 radical (unpaired) electrons. The topological polar surface area (TPSA) is 63.4 Å². The molecular weight excluding hydrogens is 252 g/mol. The van der Waals surface area contributed by atoms with E-state index in [0.29, 0.717) is 5.92 Å². The molecule has 1 aromatic carbocycles. The summed E-state index contributed by atoms with van der Waals surface area (Å²) in [5.74, 6) is 0.303. The maximum absolute atomic E-state index is 11.9. The predicted molar refractivity (Wildman–Crippen MR) is 77.9 cm³/mol. The van der Waals surface area contributed by atoms with E-state index in [1.165, 1.54) is 5.56 Å². The molecule has 1 aliphatic heterocycles. The van der Waals surface area contributed by atoms with Crippen molar-refractivity contribution in [2.24, 2.45) is 11.7 Å². The molecule has 0 aromatic heterocycles. The minimum absolute atomic E-state index is 0.0574. The van der Waals surface area contributed by atoms with Gasteiger partial charge in [0.2, 0.25) is 11.8 Å². The van der Waals surface area contributed by atoms with Crippen molar-refractivity contribution >= 4 is 11.8 Å². The van der Waals surface area contributed by atoms with Crippen LogP contribution in [0.15, 0.2) is 30.3 Å². The van der Waals surface area contributed by atoms with Gasteiger partial charge in [-0.05, 0) is 30.7 Å². The molecule has 2 N–H and O–H groups in total. The van der Waals surface area contributed by atoms with Crippen LogP contribution < -0.4 is 5.73 Å². The Bertz CT molecular complexity index is 451. The van der Waals surface area contributed by atoms with E-state index in [1.54, 1.807) is 0 Å². The molecular formula is C16H22N2O2. The van der Waals surface area contributed by atoms with E-state index < -0.39 is 5.91 Å². The molecule has 0 unspecified atom stereocenters. The van der Waals surface area contributed by atoms with Crippen LogP contribution in [0, 0.1) is 5.92 Å². The van der Waals surface area contributed by atoms with Crippen molar-refractivity contribution in [2.45, 2.75) is 32.1 Å². The zero-order valence-electron chi connectivity index (χ0n) is 11.8. The number of nitrogens with two attached hydrogens (primary N) is 1. The monoisotopic (exact) mass is 274 g/mol. The van der Waals surface area contributed by atoms with Crippen molar-refractivity contribution in [1.82, 2.24) is 4.90 Å². The first kappa shape index (κ1) is 14.6. The van der Waals surface area contributed by atoms with Crippen LogP contribution in [0.2, 0.25) is 0 Å². The number of benzene rings is 1. The molecule has 4 heteroatoms. The number of carbonyl (C=O) groups excluding carboxylic acids is 2. The van der Waals surface area contributed by atoms with Crippen molar-refractivity contribution in [3.05, 3.63) is 35.9 Å². The van der Waals surface area contributed by atoms with Gasteiger partial charge in [0.1, 0.15) is 0 Å². The summed E-state index contributed by atoms with van der Waals surface area (Å²) in [6, 6.07) is 10.5. The predicted octanol–water partition coefficient (Wildman–Crippen LogP) is 1.73. The highest BCUT2D eigenvalue weighted by atomic mass is 16.2. The van der Waals surface area contributed by atoms with Gasteiger partial charge in [-0.15, -0.1) is 0 Å². The van der Waals surface area contributed by atoms with Crippen molar-refractivity contribution < 1.29 is 9.59 Å². The van der Waals surface area contributed by atoms with Gasteiger partial charge in [0, 0.05) is 25.9 Å². The fourth-order valence-electron chi connectivity index (χ4n) is 2.72. The fraction of sp³-hybridized carbons (Fsp3) is 0.500. The van der Waals surface area contributed by atoms with Gasteiger partial charge in [-0.2, -0.15) is 0 Å². The summed E-state index contributed by atoms with van der Waals surface area (Å²) in [4.78, 5) is 24.4. The third-order valence-corrected chi connectivity index (χ3v) is 3.92. The van der Waals surface area contributed by atoms with E-state index in [2.05, 4.69) is 24.3 Å². The van der Waals surface area contributed by atoms with Crippen LogP contribution in [0.25, 0.3) is 0 Å². The Morgan fingerprint density at radius 3 is 2.35 bits per heavy atom. The number of rotatable bonds is 5. The molecule has 1 aromatic rings. The minimum Gasteiger partial charge on any atom is -0.370 e. The Hall–Kier alpha value is -1.84. The summed E-state index contributed by atoms with van der Waals surface area (Å²) in [6.45, 7) is 1.60. The van der Waals surface area contributed by atoms with Gasteiger partial charge in [-0.25, -0.2) is 0 Å². The first-order valence-electron chi connectivity index (χ1n) is 7.25. The molecule has 2 amide bonds. The third-order valence-electron chi connectivity index (χ3n) is 3.92. The van der Waals surface area contributed by atoms with Gasteiger partial charge in [-0.1, -0.05) is 30.3 Å². The van der Waals surface area contributed by atoms with Crippen molar-refractivity contribution in [2.75, 3.05) is 13.1 Å². The number of carbonyl (C=O) groups is 2. The average Bonchev–Trinajstić information content (AvgIpc) is 2.46. The van der Waals surface area contributed by atoms with Gasteiger partial charge in [0.25, 0.3) is 0 Å². The summed E-state index contributed by atoms with van der Waals surface area (Å²) < 4.78 is 0. The highest BCUT2D eigenvalue weighted by Gasteiger charge is 2.22. The molecule has 4 nitrogen and oxygen atoms in total. The second kappa shape index (κ2) is 7.08. The molecule has 0 atom stereocenters. The van der Waals surface area contributed by atoms with Crippen molar-refractivity contribution in [3.8, 4) is 0 Å². The number of hydrogen-bond donors (Lipinski definition) is 1. The van der Waals surface area contributed by atoms with Crippen LogP contribution in [-0.4, -0.2) is 29.8 Å². The van der Waals surface area contributed by atoms with Gasteiger partial charge in [-0.3, -0.25) is 9.59 Å². The fourth-order valence-corrected chi connectivity index (χ4v) is 2.72. The van der Waals surface area contributed by atoms with E-state index in [4.69, 9.17) is 5.73 Å². The first-order chi connectivity index (χ1) is 9.65. The van der Waals surface area contributed by atoms with Crippen LogP contribution in [0.1, 0.15) is 31.2 Å². The Morgan fingerprint density at radius 1 is 1.10 bits per heavy atom. The number of amides is 2. The Balaban J connectivity index is 1.75. The first-order valence-corrected chi connectivity index (χ1v) is 7.25. The molecule has 0 saturated carbocycles. The van der Waals surface area contributed by atoms with Crippen LogP contribution in [0.3, 0.4) is 0 Å². The molecule has 20 heavy (non-hydrogen) atoms. The lowest BCUT2D eigenvalue weighted by Crippen LogP contribution is -2.39. The highest BCUT2D eigenvalue weighted by Crippen LogP contribution is 2.22. The second-order valence-corrected chi connectivity index (χ2v) is 5.48. The van der Waals surface area contributed by atoms with Crippen LogP contribution in [0.4, 0.5) is 0 Å².